The highest BCUT2D eigenvalue weighted by Crippen LogP contribution is 2.24. The average Bonchev–Trinajstić information content (AvgIpc) is 3.05. The second-order valence-electron chi connectivity index (χ2n) is 5.75. The van der Waals surface area contributed by atoms with Crippen LogP contribution in [0.15, 0.2) is 77.7 Å². The first kappa shape index (κ1) is 16.6. The molecule has 1 aromatic heterocycles. The third-order valence-corrected chi connectivity index (χ3v) is 5.50. The third-order valence-electron chi connectivity index (χ3n) is 3.89. The van der Waals surface area contributed by atoms with Crippen molar-refractivity contribution in [3.63, 3.8) is 0 Å². The highest BCUT2D eigenvalue weighted by Gasteiger charge is 2.16. The van der Waals surface area contributed by atoms with Crippen molar-refractivity contribution >= 4 is 38.3 Å². The molecule has 4 rings (SSSR count). The van der Waals surface area contributed by atoms with E-state index in [1.54, 1.807) is 36.4 Å². The van der Waals surface area contributed by atoms with Crippen LogP contribution in [-0.2, 0) is 10.0 Å². The Morgan fingerprint density at radius 3 is 2.50 bits per heavy atom. The van der Waals surface area contributed by atoms with E-state index in [-0.39, 0.29) is 4.90 Å². The first-order valence-electron chi connectivity index (χ1n) is 7.85. The van der Waals surface area contributed by atoms with Gasteiger partial charge in [0.05, 0.1) is 21.6 Å². The van der Waals surface area contributed by atoms with E-state index < -0.39 is 10.0 Å². The minimum Gasteiger partial charge on any atom is -0.338 e. The zero-order valence-corrected chi connectivity index (χ0v) is 15.1. The number of halogens is 1. The molecule has 0 aliphatic rings. The molecular formula is C19H14ClN3O2S. The number of aromatic nitrogens is 2. The molecule has 0 atom stereocenters. The van der Waals surface area contributed by atoms with Crippen molar-refractivity contribution in [1.29, 1.82) is 0 Å². The Morgan fingerprint density at radius 1 is 0.923 bits per heavy atom. The van der Waals surface area contributed by atoms with Gasteiger partial charge in [0.25, 0.3) is 10.0 Å². The molecule has 0 fully saturated rings. The molecule has 0 unspecified atom stereocenters. The van der Waals surface area contributed by atoms with Gasteiger partial charge in [0.1, 0.15) is 5.82 Å². The minimum atomic E-state index is -3.73. The van der Waals surface area contributed by atoms with E-state index >= 15 is 0 Å². The van der Waals surface area contributed by atoms with Gasteiger partial charge in [0.15, 0.2) is 0 Å². The molecule has 0 spiro atoms. The number of fused-ring (bicyclic) bond motifs is 1. The monoisotopic (exact) mass is 383 g/mol. The number of rotatable bonds is 4. The summed E-state index contributed by atoms with van der Waals surface area (Å²) in [6.45, 7) is 0. The van der Waals surface area contributed by atoms with Crippen LogP contribution in [0, 0.1) is 0 Å². The zero-order valence-electron chi connectivity index (χ0n) is 13.5. The lowest BCUT2D eigenvalue weighted by atomic mass is 10.2. The van der Waals surface area contributed by atoms with Gasteiger partial charge < -0.3 is 4.98 Å². The number of benzene rings is 3. The third kappa shape index (κ3) is 3.29. The summed E-state index contributed by atoms with van der Waals surface area (Å²) in [6.07, 6.45) is 0. The number of nitrogens with zero attached hydrogens (tertiary/aromatic N) is 1. The largest absolute Gasteiger partial charge is 0.338 e. The molecule has 4 aromatic rings. The lowest BCUT2D eigenvalue weighted by molar-refractivity contribution is 0.601. The molecule has 0 aliphatic carbocycles. The number of hydrogen-bond acceptors (Lipinski definition) is 3. The Kier molecular flexibility index (Phi) is 4.14. The second-order valence-corrected chi connectivity index (χ2v) is 7.87. The number of aromatic amines is 1. The standard InChI is InChI=1S/C19H14ClN3O2S/c20-14-7-4-8-15(11-14)23-26(24,25)16-9-10-17-18(12-16)22-19(21-17)13-5-2-1-3-6-13/h1-12,23H,(H,21,22). The van der Waals surface area contributed by atoms with Crippen LogP contribution >= 0.6 is 11.6 Å². The molecule has 3 aromatic carbocycles. The molecule has 0 amide bonds. The maximum atomic E-state index is 12.6. The van der Waals surface area contributed by atoms with Crippen LogP contribution in [-0.4, -0.2) is 18.4 Å². The van der Waals surface area contributed by atoms with Crippen molar-refractivity contribution < 1.29 is 8.42 Å². The van der Waals surface area contributed by atoms with Crippen LogP contribution < -0.4 is 4.72 Å². The molecule has 0 radical (unpaired) electrons. The number of hydrogen-bond donors (Lipinski definition) is 2. The topological polar surface area (TPSA) is 74.8 Å². The maximum Gasteiger partial charge on any atom is 0.261 e. The molecule has 26 heavy (non-hydrogen) atoms. The van der Waals surface area contributed by atoms with E-state index in [1.165, 1.54) is 6.07 Å². The molecule has 0 bridgehead atoms. The number of sulfonamides is 1. The lowest BCUT2D eigenvalue weighted by Gasteiger charge is -2.08. The zero-order chi connectivity index (χ0) is 18.1. The Balaban J connectivity index is 1.70. The summed E-state index contributed by atoms with van der Waals surface area (Å²) in [4.78, 5) is 7.83. The SMILES string of the molecule is O=S(=O)(Nc1cccc(Cl)c1)c1ccc2nc(-c3ccccc3)[nH]c2c1. The number of nitrogens with one attached hydrogen (secondary N) is 2. The quantitative estimate of drug-likeness (QED) is 0.537. The predicted molar refractivity (Wildman–Crippen MR) is 104 cm³/mol. The fourth-order valence-corrected chi connectivity index (χ4v) is 3.92. The summed E-state index contributed by atoms with van der Waals surface area (Å²) >= 11 is 5.91. The van der Waals surface area contributed by atoms with Crippen molar-refractivity contribution in [2.24, 2.45) is 0 Å². The van der Waals surface area contributed by atoms with Crippen LogP contribution in [0.25, 0.3) is 22.4 Å². The Labute approximate surface area is 155 Å². The summed E-state index contributed by atoms with van der Waals surface area (Å²) in [6, 6.07) is 21.0. The molecule has 130 valence electrons. The normalized spacial score (nSPS) is 11.6. The molecule has 1 heterocycles. The predicted octanol–water partition coefficient (Wildman–Crippen LogP) is 4.68. The Bertz CT molecular complexity index is 1190. The van der Waals surface area contributed by atoms with Crippen LogP contribution in [0.1, 0.15) is 0 Å². The van der Waals surface area contributed by atoms with Gasteiger partial charge in [-0.15, -0.1) is 0 Å². The van der Waals surface area contributed by atoms with Crippen LogP contribution in [0.2, 0.25) is 5.02 Å². The van der Waals surface area contributed by atoms with Crippen molar-refractivity contribution in [1.82, 2.24) is 9.97 Å². The molecule has 5 nitrogen and oxygen atoms in total. The van der Waals surface area contributed by atoms with Crippen LogP contribution in [0.4, 0.5) is 5.69 Å². The van der Waals surface area contributed by atoms with E-state index in [9.17, 15) is 8.42 Å². The summed E-state index contributed by atoms with van der Waals surface area (Å²) in [5.41, 5.74) is 2.70. The maximum absolute atomic E-state index is 12.6. The number of imidazole rings is 1. The van der Waals surface area contributed by atoms with Gasteiger partial charge in [0, 0.05) is 10.6 Å². The van der Waals surface area contributed by atoms with Gasteiger partial charge in [0.2, 0.25) is 0 Å². The van der Waals surface area contributed by atoms with Crippen LogP contribution in [0.5, 0.6) is 0 Å². The fraction of sp³-hybridized carbons (Fsp3) is 0. The molecular weight excluding hydrogens is 370 g/mol. The van der Waals surface area contributed by atoms with E-state index in [1.807, 2.05) is 30.3 Å². The second kappa shape index (κ2) is 6.48. The number of anilines is 1. The van der Waals surface area contributed by atoms with Crippen molar-refractivity contribution in [2.45, 2.75) is 4.90 Å². The van der Waals surface area contributed by atoms with E-state index in [0.29, 0.717) is 27.6 Å². The van der Waals surface area contributed by atoms with Gasteiger partial charge in [-0.2, -0.15) is 0 Å². The van der Waals surface area contributed by atoms with Gasteiger partial charge in [-0.1, -0.05) is 48.0 Å². The highest BCUT2D eigenvalue weighted by molar-refractivity contribution is 7.92. The average molecular weight is 384 g/mol. The molecule has 2 N–H and O–H groups in total. The molecule has 0 aliphatic heterocycles. The Hall–Kier alpha value is -2.83. The summed E-state index contributed by atoms with van der Waals surface area (Å²) in [5, 5.41) is 0.460. The van der Waals surface area contributed by atoms with Crippen molar-refractivity contribution in [2.75, 3.05) is 4.72 Å². The molecule has 0 saturated heterocycles. The van der Waals surface area contributed by atoms with Crippen molar-refractivity contribution in [3.05, 3.63) is 77.8 Å². The van der Waals surface area contributed by atoms with E-state index in [0.717, 1.165) is 5.56 Å². The smallest absolute Gasteiger partial charge is 0.261 e. The minimum absolute atomic E-state index is 0.147. The Morgan fingerprint density at radius 2 is 1.73 bits per heavy atom. The number of H-pyrrole nitrogens is 1. The van der Waals surface area contributed by atoms with E-state index in [2.05, 4.69) is 14.7 Å². The fourth-order valence-electron chi connectivity index (χ4n) is 2.65. The van der Waals surface area contributed by atoms with Gasteiger partial charge in [-0.3, -0.25) is 4.72 Å². The summed E-state index contributed by atoms with van der Waals surface area (Å²) < 4.78 is 27.8. The van der Waals surface area contributed by atoms with Gasteiger partial charge >= 0.3 is 0 Å². The summed E-state index contributed by atoms with van der Waals surface area (Å²) in [7, 11) is -3.73. The lowest BCUT2D eigenvalue weighted by Crippen LogP contribution is -2.12. The molecule has 7 heteroatoms. The van der Waals surface area contributed by atoms with Crippen molar-refractivity contribution in [3.8, 4) is 11.4 Å². The van der Waals surface area contributed by atoms with E-state index in [4.69, 9.17) is 11.6 Å². The highest BCUT2D eigenvalue weighted by atomic mass is 35.5. The first-order chi connectivity index (χ1) is 12.5. The van der Waals surface area contributed by atoms with Gasteiger partial charge in [-0.25, -0.2) is 13.4 Å². The molecule has 0 saturated carbocycles. The van der Waals surface area contributed by atoms with Crippen LogP contribution in [0.3, 0.4) is 0 Å². The first-order valence-corrected chi connectivity index (χ1v) is 9.71. The summed E-state index contributed by atoms with van der Waals surface area (Å²) in [5.74, 6) is 0.693. The van der Waals surface area contributed by atoms with Gasteiger partial charge in [-0.05, 0) is 36.4 Å².